The highest BCUT2D eigenvalue weighted by atomic mass is 16.5. The Morgan fingerprint density at radius 1 is 0.585 bits per heavy atom. The summed E-state index contributed by atoms with van der Waals surface area (Å²) in [5.41, 5.74) is 8.68. The maximum absolute atomic E-state index is 13.0. The van der Waals surface area contributed by atoms with Gasteiger partial charge in [-0.1, -0.05) is 104 Å². The van der Waals surface area contributed by atoms with E-state index in [9.17, 15) is 9.59 Å². The zero-order chi connectivity index (χ0) is 28.8. The summed E-state index contributed by atoms with van der Waals surface area (Å²) in [7, 11) is 0. The van der Waals surface area contributed by atoms with Crippen LogP contribution >= 0.6 is 0 Å². The van der Waals surface area contributed by atoms with Crippen LogP contribution < -0.4 is 0 Å². The third kappa shape index (κ3) is 6.32. The molecule has 0 aliphatic heterocycles. The lowest BCUT2D eigenvalue weighted by molar-refractivity contribution is 0.0334. The highest BCUT2D eigenvalue weighted by molar-refractivity contribution is 6.09. The summed E-state index contributed by atoms with van der Waals surface area (Å²) in [5, 5.41) is 9.00. The molecule has 5 aromatic rings. The Labute approximate surface area is 240 Å². The highest BCUT2D eigenvalue weighted by Gasteiger charge is 2.14. The molecule has 0 radical (unpaired) electrons. The molecular formula is C37H29NO3. The topological polar surface area (TPSA) is 67.2 Å². The minimum atomic E-state index is -0.381. The molecule has 0 aliphatic carbocycles. The number of hydrogen-bond acceptors (Lipinski definition) is 4. The molecule has 4 nitrogen and oxygen atoms in total. The van der Waals surface area contributed by atoms with Crippen LogP contribution in [-0.2, 0) is 4.74 Å². The molecule has 0 saturated heterocycles. The van der Waals surface area contributed by atoms with Gasteiger partial charge in [-0.05, 0) is 71.0 Å². The average Bonchev–Trinajstić information content (AvgIpc) is 3.04. The quantitative estimate of drug-likeness (QED) is 0.147. The van der Waals surface area contributed by atoms with Crippen molar-refractivity contribution in [1.29, 1.82) is 5.26 Å². The molecule has 200 valence electrons. The van der Waals surface area contributed by atoms with E-state index in [1.165, 1.54) is 0 Å². The molecule has 0 fully saturated rings. The number of nitriles is 1. The van der Waals surface area contributed by atoms with Crippen molar-refractivity contribution < 1.29 is 14.3 Å². The lowest BCUT2D eigenvalue weighted by Gasteiger charge is -2.11. The average molecular weight is 536 g/mol. The number of ketones is 1. The van der Waals surface area contributed by atoms with Crippen molar-refractivity contribution in [3.8, 4) is 39.4 Å². The first-order valence-electron chi connectivity index (χ1n) is 13.6. The van der Waals surface area contributed by atoms with Crippen LogP contribution in [0.3, 0.4) is 0 Å². The second-order valence-corrected chi connectivity index (χ2v) is 9.95. The van der Waals surface area contributed by atoms with Crippen LogP contribution in [0.2, 0.25) is 0 Å². The number of rotatable bonds is 8. The van der Waals surface area contributed by atoms with Gasteiger partial charge in [0, 0.05) is 11.1 Å². The van der Waals surface area contributed by atoms with Crippen LogP contribution in [-0.4, -0.2) is 17.9 Å². The Morgan fingerprint density at radius 3 is 1.27 bits per heavy atom. The van der Waals surface area contributed by atoms with Crippen molar-refractivity contribution in [2.45, 2.75) is 26.4 Å². The molecule has 4 heteroatoms. The lowest BCUT2D eigenvalue weighted by atomic mass is 9.96. The van der Waals surface area contributed by atoms with Crippen LogP contribution in [0.25, 0.3) is 33.4 Å². The van der Waals surface area contributed by atoms with Crippen LogP contribution in [0.1, 0.15) is 52.1 Å². The molecule has 1 unspecified atom stereocenters. The summed E-state index contributed by atoms with van der Waals surface area (Å²) < 4.78 is 5.35. The molecule has 41 heavy (non-hydrogen) atoms. The number of carbonyl (C=O) groups is 2. The summed E-state index contributed by atoms with van der Waals surface area (Å²) >= 11 is 0. The molecule has 0 amide bonds. The molecule has 1 atom stereocenters. The van der Waals surface area contributed by atoms with E-state index in [4.69, 9.17) is 10.00 Å². The van der Waals surface area contributed by atoms with Crippen molar-refractivity contribution in [2.75, 3.05) is 0 Å². The first kappa shape index (κ1) is 27.3. The smallest absolute Gasteiger partial charge is 0.338 e. The van der Waals surface area contributed by atoms with E-state index in [-0.39, 0.29) is 17.9 Å². The Bertz CT molecular complexity index is 1690. The molecule has 0 heterocycles. The largest absolute Gasteiger partial charge is 0.459 e. The van der Waals surface area contributed by atoms with Crippen LogP contribution in [0.15, 0.2) is 121 Å². The van der Waals surface area contributed by atoms with E-state index < -0.39 is 0 Å². The molecule has 0 saturated carbocycles. The van der Waals surface area contributed by atoms with Gasteiger partial charge in [-0.3, -0.25) is 4.79 Å². The van der Waals surface area contributed by atoms with Crippen molar-refractivity contribution in [2.24, 2.45) is 0 Å². The second kappa shape index (κ2) is 12.3. The predicted octanol–water partition coefficient (Wildman–Crippen LogP) is 8.75. The Balaban J connectivity index is 1.24. The summed E-state index contributed by atoms with van der Waals surface area (Å²) in [6.07, 6.45) is 0.601. The van der Waals surface area contributed by atoms with E-state index in [2.05, 4.69) is 54.6 Å². The van der Waals surface area contributed by atoms with Crippen molar-refractivity contribution in [1.82, 2.24) is 0 Å². The van der Waals surface area contributed by atoms with Crippen LogP contribution in [0.4, 0.5) is 0 Å². The fourth-order valence-electron chi connectivity index (χ4n) is 4.52. The van der Waals surface area contributed by atoms with E-state index in [1.54, 1.807) is 24.3 Å². The van der Waals surface area contributed by atoms with Crippen molar-refractivity contribution >= 4 is 11.8 Å². The van der Waals surface area contributed by atoms with Gasteiger partial charge in [-0.25, -0.2) is 4.79 Å². The van der Waals surface area contributed by atoms with Gasteiger partial charge in [0.1, 0.15) is 0 Å². The number of carbonyl (C=O) groups excluding carboxylic acids is 2. The summed E-state index contributed by atoms with van der Waals surface area (Å²) in [4.78, 5) is 25.2. The maximum Gasteiger partial charge on any atom is 0.338 e. The van der Waals surface area contributed by atoms with Gasteiger partial charge >= 0.3 is 5.97 Å². The Morgan fingerprint density at radius 2 is 0.902 bits per heavy atom. The van der Waals surface area contributed by atoms with Gasteiger partial charge < -0.3 is 4.74 Å². The fraction of sp³-hybridized carbons (Fsp3) is 0.108. The van der Waals surface area contributed by atoms with E-state index in [0.717, 1.165) is 39.8 Å². The lowest BCUT2D eigenvalue weighted by Crippen LogP contribution is -2.14. The minimum Gasteiger partial charge on any atom is -0.459 e. The van der Waals surface area contributed by atoms with Gasteiger partial charge in [0.05, 0.1) is 23.3 Å². The van der Waals surface area contributed by atoms with Crippen molar-refractivity contribution in [3.63, 3.8) is 0 Å². The third-order valence-electron chi connectivity index (χ3n) is 7.20. The first-order valence-corrected chi connectivity index (χ1v) is 13.6. The first-order chi connectivity index (χ1) is 19.9. The minimum absolute atomic E-state index is 0.0989. The number of benzene rings is 5. The molecule has 0 N–H and O–H groups in total. The second-order valence-electron chi connectivity index (χ2n) is 9.95. The number of esters is 1. The molecule has 5 aromatic carbocycles. The molecule has 0 spiro atoms. The number of nitrogens with zero attached hydrogens (tertiary/aromatic N) is 1. The normalized spacial score (nSPS) is 11.3. The fourth-order valence-corrected chi connectivity index (χ4v) is 4.52. The maximum atomic E-state index is 13.0. The van der Waals surface area contributed by atoms with E-state index in [1.807, 2.05) is 62.4 Å². The van der Waals surface area contributed by atoms with Gasteiger partial charge in [0.15, 0.2) is 5.78 Å². The van der Waals surface area contributed by atoms with Crippen molar-refractivity contribution in [3.05, 3.63) is 144 Å². The molecule has 0 aromatic heterocycles. The van der Waals surface area contributed by atoms with Gasteiger partial charge in [0.25, 0.3) is 0 Å². The molecule has 5 rings (SSSR count). The van der Waals surface area contributed by atoms with Gasteiger partial charge in [0.2, 0.25) is 0 Å². The standard InChI is InChI=1S/C37H29NO3/c1-3-25(2)41-37(40)35-22-20-34(21-23-35)36(39)33-18-16-32(17-19-33)31-14-12-30(13-15-31)29-10-8-28(9-11-29)27-6-4-26(24-38)5-7-27/h4-23,25H,3H2,1-2H3. The van der Waals surface area contributed by atoms with Crippen LogP contribution in [0, 0.1) is 11.3 Å². The van der Waals surface area contributed by atoms with Gasteiger partial charge in [-0.2, -0.15) is 5.26 Å². The molecule has 0 aliphatic rings. The molecular weight excluding hydrogens is 506 g/mol. The zero-order valence-corrected chi connectivity index (χ0v) is 23.0. The Kier molecular flexibility index (Phi) is 8.18. The van der Waals surface area contributed by atoms with Gasteiger partial charge in [-0.15, -0.1) is 0 Å². The van der Waals surface area contributed by atoms with Crippen LogP contribution in [0.5, 0.6) is 0 Å². The zero-order valence-electron chi connectivity index (χ0n) is 23.0. The number of ether oxygens (including phenoxy) is 1. The summed E-state index contributed by atoms with van der Waals surface area (Å²) in [6, 6.07) is 40.6. The monoisotopic (exact) mass is 535 g/mol. The summed E-state index contributed by atoms with van der Waals surface area (Å²) in [6.45, 7) is 3.81. The predicted molar refractivity (Wildman–Crippen MR) is 163 cm³/mol. The Hall–Kier alpha value is -5.27. The third-order valence-corrected chi connectivity index (χ3v) is 7.20. The number of hydrogen-bond donors (Lipinski definition) is 0. The SMILES string of the molecule is CCC(C)OC(=O)c1ccc(C(=O)c2ccc(-c3ccc(-c4ccc(-c5ccc(C#N)cc5)cc4)cc3)cc2)cc1. The highest BCUT2D eigenvalue weighted by Crippen LogP contribution is 2.28. The van der Waals surface area contributed by atoms with E-state index in [0.29, 0.717) is 22.3 Å². The molecule has 0 bridgehead atoms. The van der Waals surface area contributed by atoms with E-state index >= 15 is 0 Å². The summed E-state index contributed by atoms with van der Waals surface area (Å²) in [5.74, 6) is -0.480.